The molecule has 0 radical (unpaired) electrons. The summed E-state index contributed by atoms with van der Waals surface area (Å²) in [5, 5.41) is 9.02. The van der Waals surface area contributed by atoms with Crippen molar-refractivity contribution in [3.05, 3.63) is 0 Å². The predicted octanol–water partition coefficient (Wildman–Crippen LogP) is -0.0363. The Morgan fingerprint density at radius 2 is 2.42 bits per heavy atom. The molecule has 4 heteroatoms. The van der Waals surface area contributed by atoms with Crippen molar-refractivity contribution in [1.82, 2.24) is 10.9 Å². The number of aliphatic carboxylic acids is 1. The fraction of sp³-hybridized carbons (Fsp3) is 0.875. The smallest absolute Gasteiger partial charge is 0.308 e. The summed E-state index contributed by atoms with van der Waals surface area (Å²) in [7, 11) is 0. The number of hydrogen-bond donors (Lipinski definition) is 3. The minimum absolute atomic E-state index is 0.209. The number of hydrazine groups is 1. The normalized spacial score (nSPS) is 46.1. The standard InChI is InChI=1S/C8H14N2O2/c1-8-3-2-5(4-9-10-8)6(8)7(11)12/h5-6,9-10H,2-4H2,1H3,(H,11,12). The van der Waals surface area contributed by atoms with Crippen LogP contribution in [-0.2, 0) is 4.79 Å². The molecule has 0 aromatic heterocycles. The van der Waals surface area contributed by atoms with E-state index in [1.54, 1.807) is 0 Å². The lowest BCUT2D eigenvalue weighted by Crippen LogP contribution is -2.60. The molecule has 2 fully saturated rings. The third-order valence-corrected chi connectivity index (χ3v) is 3.20. The van der Waals surface area contributed by atoms with Crippen molar-refractivity contribution in [2.24, 2.45) is 11.8 Å². The van der Waals surface area contributed by atoms with Gasteiger partial charge in [0.25, 0.3) is 0 Å². The van der Waals surface area contributed by atoms with E-state index in [2.05, 4.69) is 10.9 Å². The maximum Gasteiger partial charge on any atom is 0.308 e. The second-order valence-corrected chi connectivity index (χ2v) is 4.04. The van der Waals surface area contributed by atoms with Crippen LogP contribution in [0.5, 0.6) is 0 Å². The van der Waals surface area contributed by atoms with Gasteiger partial charge in [-0.3, -0.25) is 15.6 Å². The molecule has 3 unspecified atom stereocenters. The molecule has 1 heterocycles. The van der Waals surface area contributed by atoms with Gasteiger partial charge in [-0.25, -0.2) is 0 Å². The van der Waals surface area contributed by atoms with Crippen molar-refractivity contribution in [3.63, 3.8) is 0 Å². The number of rotatable bonds is 1. The van der Waals surface area contributed by atoms with E-state index < -0.39 is 5.97 Å². The van der Waals surface area contributed by atoms with Gasteiger partial charge in [0.1, 0.15) is 0 Å². The first kappa shape index (κ1) is 8.01. The third-order valence-electron chi connectivity index (χ3n) is 3.20. The maximum absolute atomic E-state index is 11.0. The molecule has 1 aliphatic heterocycles. The van der Waals surface area contributed by atoms with E-state index in [-0.39, 0.29) is 11.5 Å². The molecule has 1 aliphatic carbocycles. The minimum atomic E-state index is -0.658. The number of fused-ring (bicyclic) bond motifs is 2. The van der Waals surface area contributed by atoms with Gasteiger partial charge < -0.3 is 5.11 Å². The lowest BCUT2D eigenvalue weighted by molar-refractivity contribution is -0.146. The highest BCUT2D eigenvalue weighted by molar-refractivity contribution is 5.73. The van der Waals surface area contributed by atoms with Gasteiger partial charge in [0, 0.05) is 12.1 Å². The first-order valence-electron chi connectivity index (χ1n) is 4.36. The van der Waals surface area contributed by atoms with Crippen LogP contribution in [0.25, 0.3) is 0 Å². The van der Waals surface area contributed by atoms with Gasteiger partial charge in [-0.1, -0.05) is 0 Å². The molecule has 0 aromatic rings. The molecule has 2 rings (SSSR count). The summed E-state index contributed by atoms with van der Waals surface area (Å²) in [6, 6.07) is 0. The molecule has 1 saturated carbocycles. The van der Waals surface area contributed by atoms with E-state index in [0.29, 0.717) is 5.92 Å². The Morgan fingerprint density at radius 1 is 1.67 bits per heavy atom. The van der Waals surface area contributed by atoms with Crippen molar-refractivity contribution in [2.75, 3.05) is 6.54 Å². The monoisotopic (exact) mass is 170 g/mol. The molecular formula is C8H14N2O2. The summed E-state index contributed by atoms with van der Waals surface area (Å²) < 4.78 is 0. The van der Waals surface area contributed by atoms with Crippen LogP contribution in [0.2, 0.25) is 0 Å². The fourth-order valence-corrected chi connectivity index (χ4v) is 2.55. The van der Waals surface area contributed by atoms with Crippen molar-refractivity contribution >= 4 is 5.97 Å². The molecule has 0 spiro atoms. The summed E-state index contributed by atoms with van der Waals surface area (Å²) in [6.07, 6.45) is 1.98. The van der Waals surface area contributed by atoms with E-state index in [1.165, 1.54) is 0 Å². The summed E-state index contributed by atoms with van der Waals surface area (Å²) in [4.78, 5) is 11.0. The van der Waals surface area contributed by atoms with Crippen molar-refractivity contribution < 1.29 is 9.90 Å². The maximum atomic E-state index is 11.0. The van der Waals surface area contributed by atoms with Gasteiger partial charge in [-0.15, -0.1) is 0 Å². The highest BCUT2D eigenvalue weighted by Crippen LogP contribution is 2.41. The lowest BCUT2D eigenvalue weighted by atomic mass is 9.83. The number of nitrogens with one attached hydrogen (secondary N) is 2. The van der Waals surface area contributed by atoms with E-state index in [1.807, 2.05) is 6.92 Å². The van der Waals surface area contributed by atoms with Crippen LogP contribution in [-0.4, -0.2) is 23.2 Å². The van der Waals surface area contributed by atoms with Crippen molar-refractivity contribution in [3.8, 4) is 0 Å². The quantitative estimate of drug-likeness (QED) is 0.517. The van der Waals surface area contributed by atoms with E-state index in [0.717, 1.165) is 19.4 Å². The van der Waals surface area contributed by atoms with Gasteiger partial charge in [0.15, 0.2) is 0 Å². The zero-order valence-corrected chi connectivity index (χ0v) is 7.13. The average Bonchev–Trinajstić information content (AvgIpc) is 2.18. The van der Waals surface area contributed by atoms with Crippen LogP contribution in [0, 0.1) is 11.8 Å². The van der Waals surface area contributed by atoms with Crippen LogP contribution in [0.15, 0.2) is 0 Å². The third kappa shape index (κ3) is 0.949. The summed E-state index contributed by atoms with van der Waals surface area (Å²) >= 11 is 0. The first-order valence-corrected chi connectivity index (χ1v) is 4.36. The molecule has 2 bridgehead atoms. The molecule has 0 amide bonds. The van der Waals surface area contributed by atoms with E-state index in [9.17, 15) is 4.79 Å². The Labute approximate surface area is 71.3 Å². The second kappa shape index (κ2) is 2.44. The molecule has 2 aliphatic rings. The van der Waals surface area contributed by atoms with Crippen LogP contribution in [0.3, 0.4) is 0 Å². The van der Waals surface area contributed by atoms with E-state index in [4.69, 9.17) is 5.11 Å². The Kier molecular flexibility index (Phi) is 1.63. The molecule has 3 atom stereocenters. The van der Waals surface area contributed by atoms with Gasteiger partial charge in [0.05, 0.1) is 5.92 Å². The Hall–Kier alpha value is -0.610. The number of carboxylic acids is 1. The lowest BCUT2D eigenvalue weighted by Gasteiger charge is -2.37. The Morgan fingerprint density at radius 3 is 2.92 bits per heavy atom. The summed E-state index contributed by atoms with van der Waals surface area (Å²) in [5.41, 5.74) is 5.92. The van der Waals surface area contributed by atoms with Gasteiger partial charge in [-0.2, -0.15) is 0 Å². The largest absolute Gasteiger partial charge is 0.481 e. The topological polar surface area (TPSA) is 61.4 Å². The van der Waals surface area contributed by atoms with Crippen molar-refractivity contribution in [2.45, 2.75) is 25.3 Å². The van der Waals surface area contributed by atoms with Gasteiger partial charge in [0.2, 0.25) is 0 Å². The highest BCUT2D eigenvalue weighted by Gasteiger charge is 2.51. The first-order chi connectivity index (χ1) is 5.63. The molecule has 0 aromatic carbocycles. The molecule has 4 nitrogen and oxygen atoms in total. The highest BCUT2D eigenvalue weighted by atomic mass is 16.4. The van der Waals surface area contributed by atoms with Crippen LogP contribution in [0.1, 0.15) is 19.8 Å². The van der Waals surface area contributed by atoms with Crippen LogP contribution in [0.4, 0.5) is 0 Å². The zero-order chi connectivity index (χ0) is 8.77. The SMILES string of the molecule is CC12CCC(CNN1)C2C(=O)O. The van der Waals surface area contributed by atoms with Crippen LogP contribution >= 0.6 is 0 Å². The number of carboxylic acid groups (broad SMARTS) is 1. The molecule has 1 saturated heterocycles. The van der Waals surface area contributed by atoms with Gasteiger partial charge >= 0.3 is 5.97 Å². The average molecular weight is 170 g/mol. The summed E-state index contributed by atoms with van der Waals surface area (Å²) in [6.45, 7) is 2.77. The second-order valence-electron chi connectivity index (χ2n) is 4.04. The van der Waals surface area contributed by atoms with Crippen LogP contribution < -0.4 is 10.9 Å². The molecule has 3 N–H and O–H groups in total. The predicted molar refractivity (Wildman–Crippen MR) is 43.4 cm³/mol. The zero-order valence-electron chi connectivity index (χ0n) is 7.13. The number of carbonyl (C=O) groups is 1. The molecular weight excluding hydrogens is 156 g/mol. The summed E-state index contributed by atoms with van der Waals surface area (Å²) in [5.74, 6) is -0.554. The molecule has 12 heavy (non-hydrogen) atoms. The van der Waals surface area contributed by atoms with Crippen molar-refractivity contribution in [1.29, 1.82) is 0 Å². The fourth-order valence-electron chi connectivity index (χ4n) is 2.55. The van der Waals surface area contributed by atoms with E-state index >= 15 is 0 Å². The number of hydrogen-bond acceptors (Lipinski definition) is 3. The Bertz CT molecular complexity index is 215. The Balaban J connectivity index is 2.26. The molecule has 68 valence electrons. The minimum Gasteiger partial charge on any atom is -0.481 e. The van der Waals surface area contributed by atoms with Gasteiger partial charge in [-0.05, 0) is 25.7 Å².